The summed E-state index contributed by atoms with van der Waals surface area (Å²) in [6.07, 6.45) is 2.88. The second kappa shape index (κ2) is 5.16. The minimum atomic E-state index is -3.49. The summed E-state index contributed by atoms with van der Waals surface area (Å²) >= 11 is 0. The van der Waals surface area contributed by atoms with Crippen LogP contribution in [0.25, 0.3) is 0 Å². The first kappa shape index (κ1) is 14.1. The molecular formula is C14H17N3O3S. The number of hydrogen-bond donors (Lipinski definition) is 0. The number of imidazole rings is 1. The van der Waals surface area contributed by atoms with E-state index in [1.165, 1.54) is 16.8 Å². The molecule has 0 N–H and O–H groups in total. The Morgan fingerprint density at radius 3 is 2.71 bits per heavy atom. The van der Waals surface area contributed by atoms with Crippen LogP contribution < -0.4 is 4.74 Å². The molecule has 1 fully saturated rings. The van der Waals surface area contributed by atoms with Crippen molar-refractivity contribution in [3.05, 3.63) is 42.4 Å². The number of hydrogen-bond acceptors (Lipinski definition) is 4. The first-order chi connectivity index (χ1) is 9.95. The fourth-order valence-corrected chi connectivity index (χ4v) is 3.68. The Balaban J connectivity index is 1.63. The van der Waals surface area contributed by atoms with Gasteiger partial charge < -0.3 is 9.30 Å². The maximum absolute atomic E-state index is 12.3. The SMILES string of the molecule is Cc1cccc(OC2CN(S(=O)(=O)c3cn(C)cn3)C2)c1. The Morgan fingerprint density at radius 1 is 1.33 bits per heavy atom. The molecule has 6 nitrogen and oxygen atoms in total. The van der Waals surface area contributed by atoms with E-state index >= 15 is 0 Å². The number of aryl methyl sites for hydroxylation is 2. The lowest BCUT2D eigenvalue weighted by molar-refractivity contribution is 0.0760. The third kappa shape index (κ3) is 2.79. The Bertz CT molecular complexity index is 748. The van der Waals surface area contributed by atoms with E-state index in [0.717, 1.165) is 11.3 Å². The van der Waals surface area contributed by atoms with Crippen molar-refractivity contribution in [3.63, 3.8) is 0 Å². The third-order valence-corrected chi connectivity index (χ3v) is 5.11. The lowest BCUT2D eigenvalue weighted by Gasteiger charge is -2.37. The first-order valence-corrected chi connectivity index (χ1v) is 8.10. The fourth-order valence-electron chi connectivity index (χ4n) is 2.21. The molecule has 0 radical (unpaired) electrons. The zero-order valence-electron chi connectivity index (χ0n) is 11.9. The van der Waals surface area contributed by atoms with Crippen LogP contribution in [0.3, 0.4) is 0 Å². The summed E-state index contributed by atoms with van der Waals surface area (Å²) in [5.41, 5.74) is 1.12. The third-order valence-electron chi connectivity index (χ3n) is 3.39. The summed E-state index contributed by atoms with van der Waals surface area (Å²) in [6.45, 7) is 2.70. The average Bonchev–Trinajstić information content (AvgIpc) is 2.80. The molecule has 112 valence electrons. The van der Waals surface area contributed by atoms with Gasteiger partial charge in [-0.1, -0.05) is 12.1 Å². The molecule has 1 aromatic carbocycles. The van der Waals surface area contributed by atoms with Crippen LogP contribution in [0.5, 0.6) is 5.75 Å². The van der Waals surface area contributed by atoms with E-state index in [4.69, 9.17) is 4.74 Å². The lowest BCUT2D eigenvalue weighted by atomic mass is 10.2. The predicted octanol–water partition coefficient (Wildman–Crippen LogP) is 1.18. The van der Waals surface area contributed by atoms with E-state index in [0.29, 0.717) is 13.1 Å². The molecule has 3 rings (SSSR count). The van der Waals surface area contributed by atoms with Crippen LogP contribution in [0.15, 0.2) is 41.8 Å². The van der Waals surface area contributed by atoms with Crippen LogP contribution >= 0.6 is 0 Å². The van der Waals surface area contributed by atoms with Gasteiger partial charge in [0.15, 0.2) is 5.03 Å². The molecule has 0 saturated carbocycles. The molecule has 0 unspecified atom stereocenters. The minimum absolute atomic E-state index is 0.0824. The molecule has 7 heteroatoms. The van der Waals surface area contributed by atoms with Gasteiger partial charge in [0.05, 0.1) is 19.4 Å². The van der Waals surface area contributed by atoms with Gasteiger partial charge in [0.2, 0.25) is 0 Å². The second-order valence-electron chi connectivity index (χ2n) is 5.26. The number of benzene rings is 1. The summed E-state index contributed by atoms with van der Waals surface area (Å²) in [4.78, 5) is 3.90. The number of nitrogens with zero attached hydrogens (tertiary/aromatic N) is 3. The molecule has 0 aliphatic carbocycles. The van der Waals surface area contributed by atoms with Crippen molar-refractivity contribution in [1.29, 1.82) is 0 Å². The van der Waals surface area contributed by atoms with Gasteiger partial charge in [0.25, 0.3) is 10.0 Å². The largest absolute Gasteiger partial charge is 0.488 e. The Labute approximate surface area is 124 Å². The number of aromatic nitrogens is 2. The molecule has 0 spiro atoms. The van der Waals surface area contributed by atoms with E-state index in [2.05, 4.69) is 4.98 Å². The highest BCUT2D eigenvalue weighted by atomic mass is 32.2. The van der Waals surface area contributed by atoms with Crippen LogP contribution in [-0.2, 0) is 17.1 Å². The number of sulfonamides is 1. The monoisotopic (exact) mass is 307 g/mol. The second-order valence-corrected chi connectivity index (χ2v) is 7.14. The van der Waals surface area contributed by atoms with Crippen LogP contribution in [0, 0.1) is 6.92 Å². The van der Waals surface area contributed by atoms with E-state index in [-0.39, 0.29) is 11.1 Å². The van der Waals surface area contributed by atoms with Gasteiger partial charge in [0.1, 0.15) is 11.9 Å². The van der Waals surface area contributed by atoms with Gasteiger partial charge in [-0.2, -0.15) is 4.31 Å². The van der Waals surface area contributed by atoms with Crippen LogP contribution in [0.4, 0.5) is 0 Å². The summed E-state index contributed by atoms with van der Waals surface area (Å²) in [5, 5.41) is 0.0824. The molecule has 1 saturated heterocycles. The molecule has 2 heterocycles. The lowest BCUT2D eigenvalue weighted by Crippen LogP contribution is -2.56. The molecule has 2 aromatic rings. The molecule has 0 amide bonds. The average molecular weight is 307 g/mol. The summed E-state index contributed by atoms with van der Waals surface area (Å²) < 4.78 is 33.3. The Morgan fingerprint density at radius 2 is 2.10 bits per heavy atom. The molecule has 21 heavy (non-hydrogen) atoms. The van der Waals surface area contributed by atoms with Crippen molar-refractivity contribution in [2.75, 3.05) is 13.1 Å². The van der Waals surface area contributed by atoms with E-state index in [9.17, 15) is 8.42 Å². The fraction of sp³-hybridized carbons (Fsp3) is 0.357. The topological polar surface area (TPSA) is 64.4 Å². The van der Waals surface area contributed by atoms with Crippen LogP contribution in [-0.4, -0.2) is 41.5 Å². The van der Waals surface area contributed by atoms with Gasteiger partial charge in [-0.3, -0.25) is 0 Å². The minimum Gasteiger partial charge on any atom is -0.488 e. The zero-order valence-corrected chi connectivity index (χ0v) is 12.7. The van der Waals surface area contributed by atoms with Gasteiger partial charge in [-0.15, -0.1) is 0 Å². The van der Waals surface area contributed by atoms with E-state index in [1.807, 2.05) is 31.2 Å². The highest BCUT2D eigenvalue weighted by Crippen LogP contribution is 2.24. The Hall–Kier alpha value is -1.86. The number of rotatable bonds is 4. The number of ether oxygens (including phenoxy) is 1. The van der Waals surface area contributed by atoms with E-state index in [1.54, 1.807) is 11.6 Å². The summed E-state index contributed by atoms with van der Waals surface area (Å²) in [5.74, 6) is 0.773. The van der Waals surface area contributed by atoms with E-state index < -0.39 is 10.0 Å². The first-order valence-electron chi connectivity index (χ1n) is 6.66. The van der Waals surface area contributed by atoms with Crippen molar-refractivity contribution in [2.24, 2.45) is 7.05 Å². The van der Waals surface area contributed by atoms with Crippen LogP contribution in [0.1, 0.15) is 5.56 Å². The highest BCUT2D eigenvalue weighted by Gasteiger charge is 2.39. The zero-order chi connectivity index (χ0) is 15.0. The van der Waals surface area contributed by atoms with Crippen molar-refractivity contribution < 1.29 is 13.2 Å². The van der Waals surface area contributed by atoms with Crippen molar-refractivity contribution in [2.45, 2.75) is 18.1 Å². The standard InChI is InChI=1S/C14H17N3O3S/c1-11-4-3-5-12(6-11)20-13-7-17(8-13)21(18,19)14-9-16(2)10-15-14/h3-6,9-10,13H,7-8H2,1-2H3. The van der Waals surface area contributed by atoms with Gasteiger partial charge in [-0.25, -0.2) is 13.4 Å². The predicted molar refractivity (Wildman–Crippen MR) is 77.6 cm³/mol. The smallest absolute Gasteiger partial charge is 0.262 e. The van der Waals surface area contributed by atoms with Gasteiger partial charge in [-0.05, 0) is 24.6 Å². The van der Waals surface area contributed by atoms with Crippen LogP contribution in [0.2, 0.25) is 0 Å². The summed E-state index contributed by atoms with van der Waals surface area (Å²) in [7, 11) is -1.75. The molecule has 0 bridgehead atoms. The maximum Gasteiger partial charge on any atom is 0.262 e. The van der Waals surface area contributed by atoms with Gasteiger partial charge in [0, 0.05) is 13.2 Å². The molecular weight excluding hydrogens is 290 g/mol. The molecule has 1 aliphatic rings. The normalized spacial score (nSPS) is 16.7. The van der Waals surface area contributed by atoms with Crippen molar-refractivity contribution in [1.82, 2.24) is 13.9 Å². The quantitative estimate of drug-likeness (QED) is 0.851. The summed E-state index contributed by atoms with van der Waals surface area (Å²) in [6, 6.07) is 7.73. The maximum atomic E-state index is 12.3. The van der Waals surface area contributed by atoms with Crippen molar-refractivity contribution in [3.8, 4) is 5.75 Å². The molecule has 0 atom stereocenters. The van der Waals surface area contributed by atoms with Crippen molar-refractivity contribution >= 4 is 10.0 Å². The highest BCUT2D eigenvalue weighted by molar-refractivity contribution is 7.89. The Kier molecular flexibility index (Phi) is 3.46. The van der Waals surface area contributed by atoms with Gasteiger partial charge >= 0.3 is 0 Å². The molecule has 1 aromatic heterocycles. The molecule has 1 aliphatic heterocycles.